The van der Waals surface area contributed by atoms with Gasteiger partial charge in [-0.25, -0.2) is 0 Å². The molecule has 1 heterocycles. The van der Waals surface area contributed by atoms with Crippen molar-refractivity contribution >= 4 is 5.78 Å². The Bertz CT molecular complexity index is 262. The van der Waals surface area contributed by atoms with Crippen molar-refractivity contribution in [1.29, 1.82) is 0 Å². The van der Waals surface area contributed by atoms with Crippen molar-refractivity contribution in [2.75, 3.05) is 26.7 Å². The van der Waals surface area contributed by atoms with E-state index >= 15 is 0 Å². The van der Waals surface area contributed by atoms with Gasteiger partial charge in [0.25, 0.3) is 0 Å². The summed E-state index contributed by atoms with van der Waals surface area (Å²) in [5.41, 5.74) is 0.209. The van der Waals surface area contributed by atoms with Gasteiger partial charge < -0.3 is 0 Å². The van der Waals surface area contributed by atoms with Gasteiger partial charge in [-0.2, -0.15) is 0 Å². The molecular formula is C12H22N2O. The highest BCUT2D eigenvalue weighted by atomic mass is 16.1. The summed E-state index contributed by atoms with van der Waals surface area (Å²) >= 11 is 0. The minimum atomic E-state index is 0.209. The van der Waals surface area contributed by atoms with Crippen LogP contribution in [0.15, 0.2) is 0 Å². The van der Waals surface area contributed by atoms with Gasteiger partial charge >= 0.3 is 0 Å². The van der Waals surface area contributed by atoms with Crippen LogP contribution in [0.3, 0.4) is 0 Å². The van der Waals surface area contributed by atoms with Crippen molar-refractivity contribution in [3.8, 4) is 0 Å². The van der Waals surface area contributed by atoms with Crippen LogP contribution in [0, 0.1) is 0 Å². The largest absolute Gasteiger partial charge is 0.299 e. The molecule has 2 rings (SSSR count). The molecule has 2 fully saturated rings. The predicted octanol–water partition coefficient (Wildman–Crippen LogP) is 1.13. The Morgan fingerprint density at radius 2 is 2.07 bits per heavy atom. The molecule has 1 saturated heterocycles. The number of rotatable bonds is 1. The van der Waals surface area contributed by atoms with E-state index in [0.29, 0.717) is 5.78 Å². The summed E-state index contributed by atoms with van der Waals surface area (Å²) in [6.07, 6.45) is 2.98. The highest BCUT2D eigenvalue weighted by Gasteiger charge is 2.37. The summed E-state index contributed by atoms with van der Waals surface area (Å²) < 4.78 is 0. The Hall–Kier alpha value is -0.410. The molecule has 15 heavy (non-hydrogen) atoms. The second-order valence-electron chi connectivity index (χ2n) is 5.58. The molecule has 1 aliphatic heterocycles. The van der Waals surface area contributed by atoms with Crippen molar-refractivity contribution in [1.82, 2.24) is 9.80 Å². The molecule has 0 bridgehead atoms. The van der Waals surface area contributed by atoms with Gasteiger partial charge in [-0.05, 0) is 33.7 Å². The number of hydrogen-bond donors (Lipinski definition) is 0. The van der Waals surface area contributed by atoms with Crippen molar-refractivity contribution in [2.45, 2.75) is 44.7 Å². The highest BCUT2D eigenvalue weighted by molar-refractivity contribution is 5.85. The van der Waals surface area contributed by atoms with Crippen LogP contribution in [0.2, 0.25) is 0 Å². The topological polar surface area (TPSA) is 23.6 Å². The standard InChI is InChI=1S/C12H22N2O/c1-12(2)9-14(8-7-13(12)3)10-5-4-6-11(10)15/h10H,4-9H2,1-3H3. The average molecular weight is 210 g/mol. The number of likely N-dealkylation sites (N-methyl/N-ethyl adjacent to an activating group) is 1. The van der Waals surface area contributed by atoms with E-state index in [4.69, 9.17) is 0 Å². The first-order chi connectivity index (χ1) is 7.00. The molecule has 0 aromatic heterocycles. The number of hydrogen-bond acceptors (Lipinski definition) is 3. The molecule has 0 N–H and O–H groups in total. The average Bonchev–Trinajstić information content (AvgIpc) is 2.56. The third-order valence-electron chi connectivity index (χ3n) is 4.06. The van der Waals surface area contributed by atoms with Crippen molar-refractivity contribution < 1.29 is 4.79 Å². The first-order valence-electron chi connectivity index (χ1n) is 5.99. The van der Waals surface area contributed by atoms with Gasteiger partial charge in [0.15, 0.2) is 0 Å². The number of piperazine rings is 1. The highest BCUT2D eigenvalue weighted by Crippen LogP contribution is 2.26. The fraction of sp³-hybridized carbons (Fsp3) is 0.917. The minimum Gasteiger partial charge on any atom is -0.299 e. The van der Waals surface area contributed by atoms with Crippen LogP contribution in [0.5, 0.6) is 0 Å². The maximum atomic E-state index is 11.7. The lowest BCUT2D eigenvalue weighted by molar-refractivity contribution is -0.123. The molecule has 0 radical (unpaired) electrons. The van der Waals surface area contributed by atoms with Crippen LogP contribution in [0.4, 0.5) is 0 Å². The zero-order chi connectivity index (χ0) is 11.1. The van der Waals surface area contributed by atoms with Crippen LogP contribution in [0.25, 0.3) is 0 Å². The van der Waals surface area contributed by atoms with E-state index in [-0.39, 0.29) is 11.6 Å². The summed E-state index contributed by atoms with van der Waals surface area (Å²) in [7, 11) is 2.17. The first kappa shape index (κ1) is 11.1. The Morgan fingerprint density at radius 3 is 2.60 bits per heavy atom. The SMILES string of the molecule is CN1CCN(C2CCCC2=O)CC1(C)C. The summed E-state index contributed by atoms with van der Waals surface area (Å²) in [6.45, 7) is 7.68. The number of ketones is 1. The first-order valence-corrected chi connectivity index (χ1v) is 5.99. The Balaban J connectivity index is 2.03. The molecule has 0 spiro atoms. The van der Waals surface area contributed by atoms with E-state index in [1.807, 2.05) is 0 Å². The van der Waals surface area contributed by atoms with Gasteiger partial charge in [0.1, 0.15) is 5.78 Å². The molecule has 1 aliphatic carbocycles. The molecule has 1 atom stereocenters. The van der Waals surface area contributed by atoms with E-state index in [1.165, 1.54) is 0 Å². The number of Topliss-reactive ketones (excluding diaryl/α,β-unsaturated/α-hetero) is 1. The Kier molecular flexibility index (Phi) is 2.86. The van der Waals surface area contributed by atoms with E-state index in [0.717, 1.165) is 38.9 Å². The molecule has 3 heteroatoms. The number of nitrogens with zero attached hydrogens (tertiary/aromatic N) is 2. The van der Waals surface area contributed by atoms with E-state index in [9.17, 15) is 4.79 Å². The lowest BCUT2D eigenvalue weighted by Crippen LogP contribution is -2.60. The van der Waals surface area contributed by atoms with Crippen LogP contribution < -0.4 is 0 Å². The molecule has 86 valence electrons. The van der Waals surface area contributed by atoms with Gasteiger partial charge in [0.05, 0.1) is 6.04 Å². The zero-order valence-corrected chi connectivity index (χ0v) is 10.1. The van der Waals surface area contributed by atoms with Crippen LogP contribution in [0.1, 0.15) is 33.1 Å². The zero-order valence-electron chi connectivity index (χ0n) is 10.1. The molecular weight excluding hydrogens is 188 g/mol. The lowest BCUT2D eigenvalue weighted by atomic mass is 9.98. The lowest BCUT2D eigenvalue weighted by Gasteiger charge is -2.47. The number of carbonyl (C=O) groups is 1. The van der Waals surface area contributed by atoms with Gasteiger partial charge in [0, 0.05) is 31.6 Å². The predicted molar refractivity (Wildman–Crippen MR) is 60.9 cm³/mol. The fourth-order valence-electron chi connectivity index (χ4n) is 2.73. The summed E-state index contributed by atoms with van der Waals surface area (Å²) in [5, 5.41) is 0. The Labute approximate surface area is 92.4 Å². The molecule has 1 unspecified atom stereocenters. The normalized spacial score (nSPS) is 33.5. The Morgan fingerprint density at radius 1 is 1.33 bits per heavy atom. The molecule has 0 aromatic rings. The quantitative estimate of drug-likeness (QED) is 0.648. The van der Waals surface area contributed by atoms with Gasteiger partial charge in [-0.15, -0.1) is 0 Å². The maximum absolute atomic E-state index is 11.7. The van der Waals surface area contributed by atoms with Crippen LogP contribution >= 0.6 is 0 Å². The van der Waals surface area contributed by atoms with Crippen molar-refractivity contribution in [2.24, 2.45) is 0 Å². The van der Waals surface area contributed by atoms with Crippen molar-refractivity contribution in [3.05, 3.63) is 0 Å². The van der Waals surface area contributed by atoms with Gasteiger partial charge in [-0.1, -0.05) is 0 Å². The third kappa shape index (κ3) is 2.08. The summed E-state index contributed by atoms with van der Waals surface area (Å²) in [5.74, 6) is 0.468. The van der Waals surface area contributed by atoms with Gasteiger partial charge in [0.2, 0.25) is 0 Å². The summed E-state index contributed by atoms with van der Waals surface area (Å²) in [4.78, 5) is 16.5. The van der Waals surface area contributed by atoms with Crippen LogP contribution in [-0.4, -0.2) is 53.8 Å². The molecule has 0 aromatic carbocycles. The minimum absolute atomic E-state index is 0.209. The van der Waals surface area contributed by atoms with E-state index in [1.54, 1.807) is 0 Å². The smallest absolute Gasteiger partial charge is 0.149 e. The second-order valence-corrected chi connectivity index (χ2v) is 5.58. The van der Waals surface area contributed by atoms with Crippen molar-refractivity contribution in [3.63, 3.8) is 0 Å². The van der Waals surface area contributed by atoms with E-state index in [2.05, 4.69) is 30.7 Å². The van der Waals surface area contributed by atoms with Gasteiger partial charge in [-0.3, -0.25) is 14.6 Å². The molecule has 1 saturated carbocycles. The fourth-order valence-corrected chi connectivity index (χ4v) is 2.73. The second kappa shape index (κ2) is 3.87. The monoisotopic (exact) mass is 210 g/mol. The molecule has 3 nitrogen and oxygen atoms in total. The molecule has 2 aliphatic rings. The molecule has 0 amide bonds. The number of carbonyl (C=O) groups excluding carboxylic acids is 1. The third-order valence-corrected chi connectivity index (χ3v) is 4.06. The summed E-state index contributed by atoms with van der Waals surface area (Å²) in [6, 6.07) is 0.234. The van der Waals surface area contributed by atoms with Crippen LogP contribution in [-0.2, 0) is 4.79 Å². The van der Waals surface area contributed by atoms with E-state index < -0.39 is 0 Å². The maximum Gasteiger partial charge on any atom is 0.149 e.